The summed E-state index contributed by atoms with van der Waals surface area (Å²) in [5.41, 5.74) is 9.23. The van der Waals surface area contributed by atoms with Gasteiger partial charge in [0, 0.05) is 0 Å². The molecule has 4 nitrogen and oxygen atoms in total. The number of hydrogen-bond acceptors (Lipinski definition) is 4. The van der Waals surface area contributed by atoms with Crippen LogP contribution in [0.3, 0.4) is 0 Å². The molecule has 0 aromatic heterocycles. The lowest BCUT2D eigenvalue weighted by molar-refractivity contribution is 0.0281. The summed E-state index contributed by atoms with van der Waals surface area (Å²) in [6, 6.07) is 0. The van der Waals surface area contributed by atoms with Crippen molar-refractivity contribution in [2.45, 2.75) is 12.5 Å². The summed E-state index contributed by atoms with van der Waals surface area (Å²) < 4.78 is 0. The molecule has 0 bridgehead atoms. The Kier molecular flexibility index (Phi) is 2.04. The van der Waals surface area contributed by atoms with Crippen molar-refractivity contribution in [2.75, 3.05) is 0 Å². The number of rotatable bonds is 1. The van der Waals surface area contributed by atoms with Crippen LogP contribution in [-0.4, -0.2) is 22.7 Å². The molecule has 0 rings (SSSR count). The third kappa shape index (κ3) is 2.10. The van der Waals surface area contributed by atoms with Gasteiger partial charge in [-0.3, -0.25) is 0 Å². The van der Waals surface area contributed by atoms with E-state index in [1.165, 1.54) is 0 Å². The maximum atomic E-state index is 8.03. The van der Waals surface area contributed by atoms with Crippen LogP contribution < -0.4 is 11.5 Å². The first-order valence-electron chi connectivity index (χ1n) is 1.52. The molecule has 38 valence electrons. The highest BCUT2D eigenvalue weighted by atomic mass is 16.3. The lowest BCUT2D eigenvalue weighted by Crippen LogP contribution is -2.40. The van der Waals surface area contributed by atoms with Gasteiger partial charge in [0.15, 0.2) is 0 Å². The minimum absolute atomic E-state index is 1.31. The highest BCUT2D eigenvalue weighted by Gasteiger charge is 2.00. The van der Waals surface area contributed by atoms with Crippen LogP contribution in [0.5, 0.6) is 0 Å². The summed E-state index contributed by atoms with van der Waals surface area (Å²) in [4.78, 5) is 0. The molecular weight excluding hydrogens is 84.0 g/mol. The van der Waals surface area contributed by atoms with E-state index in [-0.39, 0.29) is 0 Å². The lowest BCUT2D eigenvalue weighted by atomic mass is 10.5. The molecule has 2 atom stereocenters. The van der Waals surface area contributed by atoms with Gasteiger partial charge in [0.05, 0.1) is 0 Å². The number of aliphatic hydroxyl groups is 2. The van der Waals surface area contributed by atoms with Gasteiger partial charge in [0.25, 0.3) is 0 Å². The van der Waals surface area contributed by atoms with E-state index in [4.69, 9.17) is 10.2 Å². The minimum atomic E-state index is -1.31. The van der Waals surface area contributed by atoms with Crippen LogP contribution in [0.15, 0.2) is 0 Å². The Morgan fingerprint density at radius 2 is 1.17 bits per heavy atom. The summed E-state index contributed by atoms with van der Waals surface area (Å²) >= 11 is 0. The summed E-state index contributed by atoms with van der Waals surface area (Å²) in [6.45, 7) is 0. The first-order chi connectivity index (χ1) is 2.64. The normalized spacial score (nSPS) is 20.0. The molecule has 2 unspecified atom stereocenters. The Hall–Kier alpha value is -0.160. The van der Waals surface area contributed by atoms with E-state index >= 15 is 0 Å². The third-order valence-electron chi connectivity index (χ3n) is 0.350. The number of nitrogens with two attached hydrogens (primary N) is 2. The van der Waals surface area contributed by atoms with Crippen LogP contribution in [0, 0.1) is 0 Å². The minimum Gasteiger partial charge on any atom is -0.375 e. The zero-order chi connectivity index (χ0) is 5.15. The fourth-order valence-electron chi connectivity index (χ4n) is 0. The second-order valence-corrected chi connectivity index (χ2v) is 0.981. The predicted octanol–water partition coefficient (Wildman–Crippen LogP) is -2.46. The van der Waals surface area contributed by atoms with Gasteiger partial charge in [0.1, 0.15) is 12.5 Å². The van der Waals surface area contributed by atoms with Crippen molar-refractivity contribution in [1.29, 1.82) is 0 Å². The zero-order valence-electron chi connectivity index (χ0n) is 3.20. The molecule has 0 radical (unpaired) electrons. The Bertz CT molecular complexity index is 30.5. The second-order valence-electron chi connectivity index (χ2n) is 0.981. The molecule has 0 aromatic carbocycles. The monoisotopic (exact) mass is 92.1 g/mol. The average molecular weight is 92.1 g/mol. The van der Waals surface area contributed by atoms with Crippen LogP contribution >= 0.6 is 0 Å². The van der Waals surface area contributed by atoms with Crippen LogP contribution in [0.25, 0.3) is 0 Å². The summed E-state index contributed by atoms with van der Waals surface area (Å²) in [7, 11) is 0. The largest absolute Gasteiger partial charge is 0.375 e. The van der Waals surface area contributed by atoms with Crippen LogP contribution in [0.2, 0.25) is 0 Å². The molecule has 0 aliphatic rings. The van der Waals surface area contributed by atoms with E-state index in [1.54, 1.807) is 0 Å². The summed E-state index contributed by atoms with van der Waals surface area (Å²) in [5, 5.41) is 16.1. The van der Waals surface area contributed by atoms with Gasteiger partial charge in [-0.1, -0.05) is 0 Å². The van der Waals surface area contributed by atoms with Crippen molar-refractivity contribution in [1.82, 2.24) is 0 Å². The molecule has 6 heavy (non-hydrogen) atoms. The highest BCUT2D eigenvalue weighted by Crippen LogP contribution is 1.68. The quantitative estimate of drug-likeness (QED) is 0.270. The van der Waals surface area contributed by atoms with Crippen molar-refractivity contribution >= 4 is 0 Å². The first kappa shape index (κ1) is 5.84. The van der Waals surface area contributed by atoms with Crippen molar-refractivity contribution in [2.24, 2.45) is 11.5 Å². The SMILES string of the molecule is NC(O)C(N)O. The first-order valence-corrected chi connectivity index (χ1v) is 1.52. The smallest absolute Gasteiger partial charge is 0.141 e. The Labute approximate surface area is 35.4 Å². The van der Waals surface area contributed by atoms with Gasteiger partial charge in [0.2, 0.25) is 0 Å². The molecule has 0 spiro atoms. The Morgan fingerprint density at radius 1 is 1.00 bits per heavy atom. The standard InChI is InChI=1S/C2H8N2O2/c3-1(5)2(4)6/h1-2,5-6H,3-4H2. The van der Waals surface area contributed by atoms with Crippen molar-refractivity contribution in [3.05, 3.63) is 0 Å². The van der Waals surface area contributed by atoms with Crippen molar-refractivity contribution in [3.63, 3.8) is 0 Å². The molecule has 0 aliphatic carbocycles. The van der Waals surface area contributed by atoms with Gasteiger partial charge in [-0.05, 0) is 0 Å². The number of aliphatic hydroxyl groups excluding tert-OH is 2. The van der Waals surface area contributed by atoms with Crippen LogP contribution in [0.4, 0.5) is 0 Å². The van der Waals surface area contributed by atoms with E-state index in [2.05, 4.69) is 11.5 Å². The summed E-state index contributed by atoms with van der Waals surface area (Å²) in [5.74, 6) is 0. The molecule has 0 heterocycles. The van der Waals surface area contributed by atoms with Gasteiger partial charge in [-0.15, -0.1) is 0 Å². The van der Waals surface area contributed by atoms with Crippen LogP contribution in [0.1, 0.15) is 0 Å². The molecule has 0 saturated carbocycles. The van der Waals surface area contributed by atoms with Crippen molar-refractivity contribution < 1.29 is 10.2 Å². The van der Waals surface area contributed by atoms with E-state index in [0.29, 0.717) is 0 Å². The fraction of sp³-hybridized carbons (Fsp3) is 1.00. The molecule has 4 heteroatoms. The van der Waals surface area contributed by atoms with Gasteiger partial charge < -0.3 is 21.7 Å². The Morgan fingerprint density at radius 3 is 1.17 bits per heavy atom. The molecule has 0 saturated heterocycles. The van der Waals surface area contributed by atoms with Gasteiger partial charge in [-0.2, -0.15) is 0 Å². The van der Waals surface area contributed by atoms with E-state index in [9.17, 15) is 0 Å². The molecule has 0 fully saturated rings. The van der Waals surface area contributed by atoms with Gasteiger partial charge in [-0.25, -0.2) is 0 Å². The van der Waals surface area contributed by atoms with E-state index < -0.39 is 12.5 Å². The molecule has 0 aromatic rings. The molecular formula is C2H8N2O2. The molecule has 6 N–H and O–H groups in total. The van der Waals surface area contributed by atoms with Gasteiger partial charge >= 0.3 is 0 Å². The predicted molar refractivity (Wildman–Crippen MR) is 20.4 cm³/mol. The number of hydrogen-bond donors (Lipinski definition) is 4. The molecule has 0 amide bonds. The Balaban J connectivity index is 2.99. The third-order valence-corrected chi connectivity index (χ3v) is 0.350. The molecule has 0 aliphatic heterocycles. The van der Waals surface area contributed by atoms with Crippen molar-refractivity contribution in [3.8, 4) is 0 Å². The highest BCUT2D eigenvalue weighted by molar-refractivity contribution is 4.46. The average Bonchev–Trinajstić information content (AvgIpc) is 1.36. The second kappa shape index (κ2) is 2.09. The fourth-order valence-corrected chi connectivity index (χ4v) is 0. The lowest BCUT2D eigenvalue weighted by Gasteiger charge is -2.04. The summed E-state index contributed by atoms with van der Waals surface area (Å²) in [6.07, 6.45) is -2.63. The van der Waals surface area contributed by atoms with E-state index in [0.717, 1.165) is 0 Å². The maximum absolute atomic E-state index is 8.03. The van der Waals surface area contributed by atoms with E-state index in [1.807, 2.05) is 0 Å². The zero-order valence-corrected chi connectivity index (χ0v) is 3.20. The van der Waals surface area contributed by atoms with Crippen LogP contribution in [-0.2, 0) is 0 Å². The topological polar surface area (TPSA) is 92.5 Å². The maximum Gasteiger partial charge on any atom is 0.141 e.